The SMILES string of the molecule is NC(=O)OCC1(COC(N)=O)CC=CCC1. The molecule has 6 nitrogen and oxygen atoms in total. The minimum absolute atomic E-state index is 0.139. The van der Waals surface area contributed by atoms with Crippen molar-refractivity contribution in [3.05, 3.63) is 12.2 Å². The number of allylic oxidation sites excluding steroid dienone is 2. The zero-order valence-corrected chi connectivity index (χ0v) is 8.98. The molecule has 1 aliphatic rings. The Bertz CT molecular complexity index is 283. The van der Waals surface area contributed by atoms with Crippen molar-refractivity contribution in [3.8, 4) is 0 Å². The fourth-order valence-electron chi connectivity index (χ4n) is 1.70. The number of hydrogen-bond donors (Lipinski definition) is 2. The maximum Gasteiger partial charge on any atom is 0.404 e. The molecule has 0 spiro atoms. The van der Waals surface area contributed by atoms with E-state index in [-0.39, 0.29) is 13.2 Å². The van der Waals surface area contributed by atoms with Crippen LogP contribution in [0.15, 0.2) is 12.2 Å². The lowest BCUT2D eigenvalue weighted by molar-refractivity contribution is 0.0254. The van der Waals surface area contributed by atoms with Crippen LogP contribution in [0.25, 0.3) is 0 Å². The van der Waals surface area contributed by atoms with E-state index in [1.165, 1.54) is 0 Å². The topological polar surface area (TPSA) is 105 Å². The lowest BCUT2D eigenvalue weighted by atomic mass is 9.78. The van der Waals surface area contributed by atoms with Crippen molar-refractivity contribution in [2.75, 3.05) is 13.2 Å². The number of hydrogen-bond acceptors (Lipinski definition) is 4. The van der Waals surface area contributed by atoms with E-state index in [1.54, 1.807) is 0 Å². The number of amides is 2. The van der Waals surface area contributed by atoms with Gasteiger partial charge >= 0.3 is 12.2 Å². The molecule has 0 aromatic rings. The Hall–Kier alpha value is -1.72. The fraction of sp³-hybridized carbons (Fsp3) is 0.600. The molecule has 0 aromatic carbocycles. The largest absolute Gasteiger partial charge is 0.449 e. The molecule has 0 unspecified atom stereocenters. The first-order chi connectivity index (χ1) is 7.54. The lowest BCUT2D eigenvalue weighted by Gasteiger charge is -2.33. The summed E-state index contributed by atoms with van der Waals surface area (Å²) in [4.78, 5) is 21.1. The molecule has 0 fully saturated rings. The monoisotopic (exact) mass is 228 g/mol. The lowest BCUT2D eigenvalue weighted by Crippen LogP contribution is -2.36. The van der Waals surface area contributed by atoms with E-state index in [0.717, 1.165) is 12.8 Å². The van der Waals surface area contributed by atoms with Gasteiger partial charge in [-0.2, -0.15) is 0 Å². The molecule has 16 heavy (non-hydrogen) atoms. The average molecular weight is 228 g/mol. The van der Waals surface area contributed by atoms with Crippen LogP contribution in [-0.4, -0.2) is 25.4 Å². The molecule has 4 N–H and O–H groups in total. The molecule has 0 heterocycles. The van der Waals surface area contributed by atoms with Crippen LogP contribution in [0.1, 0.15) is 19.3 Å². The van der Waals surface area contributed by atoms with Gasteiger partial charge in [0.1, 0.15) is 13.2 Å². The second-order valence-electron chi connectivity index (χ2n) is 3.93. The Morgan fingerprint density at radius 2 is 1.69 bits per heavy atom. The molecular formula is C10H16N2O4. The minimum Gasteiger partial charge on any atom is -0.449 e. The summed E-state index contributed by atoms with van der Waals surface area (Å²) in [6, 6.07) is 0. The zero-order valence-electron chi connectivity index (χ0n) is 8.98. The van der Waals surface area contributed by atoms with Gasteiger partial charge < -0.3 is 20.9 Å². The Labute approximate surface area is 93.6 Å². The van der Waals surface area contributed by atoms with Gasteiger partial charge in [0.2, 0.25) is 0 Å². The quantitative estimate of drug-likeness (QED) is 0.697. The van der Waals surface area contributed by atoms with Crippen molar-refractivity contribution in [2.24, 2.45) is 16.9 Å². The van der Waals surface area contributed by atoms with E-state index in [0.29, 0.717) is 6.42 Å². The third-order valence-electron chi connectivity index (χ3n) is 2.60. The van der Waals surface area contributed by atoms with Gasteiger partial charge in [0, 0.05) is 5.41 Å². The standard InChI is InChI=1S/C10H16N2O4/c11-8(13)15-6-10(7-16-9(12)14)4-2-1-3-5-10/h1-2H,3-7H2,(H2,11,13)(H2,12,14). The summed E-state index contributed by atoms with van der Waals surface area (Å²) >= 11 is 0. The molecule has 0 atom stereocenters. The predicted molar refractivity (Wildman–Crippen MR) is 56.5 cm³/mol. The van der Waals surface area contributed by atoms with E-state index in [4.69, 9.17) is 20.9 Å². The zero-order chi connectivity index (χ0) is 12.0. The van der Waals surface area contributed by atoms with Crippen molar-refractivity contribution >= 4 is 12.2 Å². The molecule has 0 aliphatic heterocycles. The summed E-state index contributed by atoms with van der Waals surface area (Å²) in [5, 5.41) is 0. The summed E-state index contributed by atoms with van der Waals surface area (Å²) in [7, 11) is 0. The van der Waals surface area contributed by atoms with Gasteiger partial charge in [-0.3, -0.25) is 0 Å². The Kier molecular flexibility index (Phi) is 4.16. The number of carbonyl (C=O) groups is 2. The highest BCUT2D eigenvalue weighted by molar-refractivity contribution is 5.65. The molecule has 0 saturated carbocycles. The minimum atomic E-state index is -0.826. The van der Waals surface area contributed by atoms with Gasteiger partial charge in [-0.05, 0) is 19.3 Å². The highest BCUT2D eigenvalue weighted by Crippen LogP contribution is 2.33. The molecule has 0 saturated heterocycles. The van der Waals surface area contributed by atoms with E-state index in [2.05, 4.69) is 0 Å². The summed E-state index contributed by atoms with van der Waals surface area (Å²) in [5.74, 6) is 0. The predicted octanol–water partition coefficient (Wildman–Crippen LogP) is 0.903. The van der Waals surface area contributed by atoms with Gasteiger partial charge in [-0.1, -0.05) is 12.2 Å². The van der Waals surface area contributed by atoms with Gasteiger partial charge in [0.05, 0.1) is 0 Å². The van der Waals surface area contributed by atoms with Crippen LogP contribution in [0.3, 0.4) is 0 Å². The van der Waals surface area contributed by atoms with Crippen molar-refractivity contribution in [1.82, 2.24) is 0 Å². The van der Waals surface area contributed by atoms with Crippen LogP contribution in [0.4, 0.5) is 9.59 Å². The number of carbonyl (C=O) groups excluding carboxylic acids is 2. The third-order valence-corrected chi connectivity index (χ3v) is 2.60. The second kappa shape index (κ2) is 5.39. The van der Waals surface area contributed by atoms with Crippen LogP contribution >= 0.6 is 0 Å². The second-order valence-corrected chi connectivity index (χ2v) is 3.93. The highest BCUT2D eigenvalue weighted by Gasteiger charge is 2.33. The summed E-state index contributed by atoms with van der Waals surface area (Å²) in [5.41, 5.74) is 9.44. The van der Waals surface area contributed by atoms with Crippen LogP contribution in [-0.2, 0) is 9.47 Å². The number of primary amides is 2. The van der Waals surface area contributed by atoms with Crippen molar-refractivity contribution in [2.45, 2.75) is 19.3 Å². The molecule has 1 aliphatic carbocycles. The first-order valence-corrected chi connectivity index (χ1v) is 5.04. The van der Waals surface area contributed by atoms with Crippen molar-refractivity contribution < 1.29 is 19.1 Å². The van der Waals surface area contributed by atoms with Crippen molar-refractivity contribution in [1.29, 1.82) is 0 Å². The average Bonchev–Trinajstić information content (AvgIpc) is 2.25. The van der Waals surface area contributed by atoms with Crippen LogP contribution < -0.4 is 11.5 Å². The first kappa shape index (κ1) is 12.4. The molecule has 2 amide bonds. The first-order valence-electron chi connectivity index (χ1n) is 5.04. The van der Waals surface area contributed by atoms with E-state index in [1.807, 2.05) is 12.2 Å². The Morgan fingerprint density at radius 3 is 2.06 bits per heavy atom. The number of rotatable bonds is 4. The van der Waals surface area contributed by atoms with E-state index >= 15 is 0 Å². The Morgan fingerprint density at radius 1 is 1.12 bits per heavy atom. The normalized spacial score (nSPS) is 17.8. The number of ether oxygens (including phenoxy) is 2. The van der Waals surface area contributed by atoms with E-state index in [9.17, 15) is 9.59 Å². The Balaban J connectivity index is 2.56. The number of nitrogens with two attached hydrogens (primary N) is 2. The maximum absolute atomic E-state index is 10.6. The van der Waals surface area contributed by atoms with Crippen LogP contribution in [0.2, 0.25) is 0 Å². The molecule has 6 heteroatoms. The van der Waals surface area contributed by atoms with Gasteiger partial charge in [0.25, 0.3) is 0 Å². The van der Waals surface area contributed by atoms with Crippen LogP contribution in [0, 0.1) is 5.41 Å². The molecular weight excluding hydrogens is 212 g/mol. The van der Waals surface area contributed by atoms with Gasteiger partial charge in [-0.25, -0.2) is 9.59 Å². The van der Waals surface area contributed by atoms with Gasteiger partial charge in [0.15, 0.2) is 0 Å². The van der Waals surface area contributed by atoms with Gasteiger partial charge in [-0.15, -0.1) is 0 Å². The maximum atomic E-state index is 10.6. The molecule has 0 radical (unpaired) electrons. The van der Waals surface area contributed by atoms with E-state index < -0.39 is 17.6 Å². The molecule has 0 aromatic heterocycles. The van der Waals surface area contributed by atoms with Crippen molar-refractivity contribution in [3.63, 3.8) is 0 Å². The fourth-order valence-corrected chi connectivity index (χ4v) is 1.70. The summed E-state index contributed by atoms with van der Waals surface area (Å²) in [6.45, 7) is 0.278. The third kappa shape index (κ3) is 3.80. The van der Waals surface area contributed by atoms with Crippen LogP contribution in [0.5, 0.6) is 0 Å². The highest BCUT2D eigenvalue weighted by atomic mass is 16.6. The smallest absolute Gasteiger partial charge is 0.404 e. The molecule has 0 bridgehead atoms. The summed E-state index contributed by atoms with van der Waals surface area (Å²) < 4.78 is 9.58. The summed E-state index contributed by atoms with van der Waals surface area (Å²) in [6.07, 6.45) is 4.65. The molecule has 1 rings (SSSR count). The molecule has 90 valence electrons.